The van der Waals surface area contributed by atoms with E-state index in [9.17, 15) is 8.42 Å². The molecule has 0 amide bonds. The van der Waals surface area contributed by atoms with Crippen molar-refractivity contribution in [3.05, 3.63) is 59.8 Å². The van der Waals surface area contributed by atoms with Crippen LogP contribution in [0.3, 0.4) is 0 Å². The molecule has 4 N–H and O–H groups in total. The summed E-state index contributed by atoms with van der Waals surface area (Å²) in [7, 11) is -3.57. The highest BCUT2D eigenvalue weighted by molar-refractivity contribution is 8.02. The molecule has 14 heteroatoms. The van der Waals surface area contributed by atoms with Crippen LogP contribution in [0.2, 0.25) is 0 Å². The number of imidazole rings is 1. The summed E-state index contributed by atoms with van der Waals surface area (Å²) in [5.41, 5.74) is 8.70. The maximum atomic E-state index is 12.7. The van der Waals surface area contributed by atoms with Gasteiger partial charge in [-0.2, -0.15) is 5.10 Å². The maximum Gasteiger partial charge on any atom is 0.268 e. The van der Waals surface area contributed by atoms with Crippen LogP contribution in [0.4, 0.5) is 5.82 Å². The number of anilines is 1. The number of H-pyrrole nitrogens is 1. The lowest BCUT2D eigenvalue weighted by molar-refractivity contribution is -0.0269. The maximum absolute atomic E-state index is 12.7. The molecule has 0 saturated carbocycles. The van der Waals surface area contributed by atoms with E-state index in [-0.39, 0.29) is 18.1 Å². The van der Waals surface area contributed by atoms with Gasteiger partial charge in [-0.1, -0.05) is 24.3 Å². The summed E-state index contributed by atoms with van der Waals surface area (Å²) in [4.78, 5) is 12.9. The molecule has 1 atom stereocenters. The van der Waals surface area contributed by atoms with Crippen molar-refractivity contribution in [3.63, 3.8) is 0 Å². The summed E-state index contributed by atoms with van der Waals surface area (Å²) in [5, 5.41) is 7.97. The highest BCUT2D eigenvalue weighted by Gasteiger charge is 2.28. The van der Waals surface area contributed by atoms with Gasteiger partial charge < -0.3 is 19.8 Å². The Morgan fingerprint density at radius 1 is 1.22 bits per heavy atom. The highest BCUT2D eigenvalue weighted by Crippen LogP contribution is 2.40. The van der Waals surface area contributed by atoms with Crippen molar-refractivity contribution in [3.8, 4) is 11.3 Å². The standard InChI is InChI=1S/C23H26N8O4S2/c1-23(2,3)30-37(32,33)11-10-31-20-18(19(24)25-13-26-20)28-22(31)36-17-12-34-21(35-17)15-7-5-4-6-14(15)16-8-9-27-29-16/h4-9,12-13,21,30H,10-11H2,1-3H3,(H,27,29)(H2,24,25,26). The zero-order valence-electron chi connectivity index (χ0n) is 20.4. The Hall–Kier alpha value is -3.62. The van der Waals surface area contributed by atoms with Gasteiger partial charge in [-0.15, -0.1) is 0 Å². The Balaban J connectivity index is 1.38. The minimum absolute atomic E-state index is 0.0975. The van der Waals surface area contributed by atoms with Crippen LogP contribution in [0.25, 0.3) is 22.4 Å². The lowest BCUT2D eigenvalue weighted by Crippen LogP contribution is -2.42. The van der Waals surface area contributed by atoms with E-state index in [2.05, 4.69) is 29.9 Å². The van der Waals surface area contributed by atoms with Crippen LogP contribution in [0, 0.1) is 0 Å². The van der Waals surface area contributed by atoms with Crippen LogP contribution in [-0.4, -0.2) is 49.4 Å². The molecule has 0 radical (unpaired) electrons. The molecule has 37 heavy (non-hydrogen) atoms. The Morgan fingerprint density at radius 3 is 2.78 bits per heavy atom. The van der Waals surface area contributed by atoms with Crippen LogP contribution in [0.5, 0.6) is 0 Å². The minimum atomic E-state index is -3.57. The smallest absolute Gasteiger partial charge is 0.268 e. The third kappa shape index (κ3) is 5.55. The third-order valence-corrected chi connectivity index (χ3v) is 7.80. The van der Waals surface area contributed by atoms with Gasteiger partial charge >= 0.3 is 0 Å². The van der Waals surface area contributed by atoms with Crippen molar-refractivity contribution >= 4 is 38.8 Å². The van der Waals surface area contributed by atoms with Gasteiger partial charge in [0.25, 0.3) is 6.29 Å². The monoisotopic (exact) mass is 542 g/mol. The summed E-state index contributed by atoms with van der Waals surface area (Å²) in [6.45, 7) is 5.46. The lowest BCUT2D eigenvalue weighted by Gasteiger charge is -2.20. The Morgan fingerprint density at radius 2 is 2.03 bits per heavy atom. The van der Waals surface area contributed by atoms with E-state index >= 15 is 0 Å². The molecule has 0 fully saturated rings. The number of nitrogens with one attached hydrogen (secondary N) is 2. The quantitative estimate of drug-likeness (QED) is 0.301. The van der Waals surface area contributed by atoms with Crippen molar-refractivity contribution in [2.45, 2.75) is 44.3 Å². The molecular weight excluding hydrogens is 516 g/mol. The van der Waals surface area contributed by atoms with Gasteiger partial charge in [-0.05, 0) is 38.6 Å². The molecule has 4 aromatic rings. The normalized spacial score (nSPS) is 16.0. The van der Waals surface area contributed by atoms with Crippen LogP contribution in [-0.2, 0) is 26.0 Å². The first-order valence-corrected chi connectivity index (χ1v) is 13.8. The number of aromatic amines is 1. The fourth-order valence-electron chi connectivity index (χ4n) is 3.84. The third-order valence-electron chi connectivity index (χ3n) is 5.26. The molecule has 0 saturated heterocycles. The van der Waals surface area contributed by atoms with Crippen LogP contribution in [0.15, 0.2) is 59.4 Å². The first-order valence-electron chi connectivity index (χ1n) is 11.4. The molecule has 1 unspecified atom stereocenters. The summed E-state index contributed by atoms with van der Waals surface area (Å²) >= 11 is 1.18. The van der Waals surface area contributed by atoms with Crippen molar-refractivity contribution in [2.75, 3.05) is 11.5 Å². The van der Waals surface area contributed by atoms with Gasteiger partial charge in [0.2, 0.25) is 15.1 Å². The fourth-order valence-corrected chi connectivity index (χ4v) is 6.14. The number of rotatable bonds is 8. The van der Waals surface area contributed by atoms with Crippen molar-refractivity contribution in [1.29, 1.82) is 0 Å². The van der Waals surface area contributed by atoms with E-state index in [0.717, 1.165) is 16.8 Å². The highest BCUT2D eigenvalue weighted by atomic mass is 32.2. The van der Waals surface area contributed by atoms with E-state index in [1.54, 1.807) is 31.5 Å². The summed E-state index contributed by atoms with van der Waals surface area (Å²) in [5.74, 6) is 0.0214. The predicted octanol–water partition coefficient (Wildman–Crippen LogP) is 3.15. The summed E-state index contributed by atoms with van der Waals surface area (Å²) in [6, 6.07) is 9.54. The average Bonchev–Trinajstić information content (AvgIpc) is 3.58. The lowest BCUT2D eigenvalue weighted by atomic mass is 10.0. The molecule has 5 rings (SSSR count). The van der Waals surface area contributed by atoms with E-state index in [0.29, 0.717) is 21.4 Å². The molecule has 12 nitrogen and oxygen atoms in total. The van der Waals surface area contributed by atoms with Gasteiger partial charge in [0.05, 0.1) is 11.4 Å². The predicted molar refractivity (Wildman–Crippen MR) is 139 cm³/mol. The Kier molecular flexibility index (Phi) is 6.56. The molecule has 1 aliphatic rings. The average molecular weight is 543 g/mol. The number of nitrogen functional groups attached to an aromatic ring is 1. The molecule has 194 valence electrons. The largest absolute Gasteiger partial charge is 0.454 e. The van der Waals surface area contributed by atoms with Crippen LogP contribution < -0.4 is 10.5 Å². The first kappa shape index (κ1) is 25.0. The minimum Gasteiger partial charge on any atom is -0.454 e. The number of hydrogen-bond acceptors (Lipinski definition) is 10. The Labute approximate surface area is 217 Å². The van der Waals surface area contributed by atoms with Crippen molar-refractivity contribution in [1.82, 2.24) is 34.4 Å². The molecule has 3 aromatic heterocycles. The second kappa shape index (κ2) is 9.68. The van der Waals surface area contributed by atoms with E-state index in [1.807, 2.05) is 30.3 Å². The summed E-state index contributed by atoms with van der Waals surface area (Å²) in [6.07, 6.45) is 3.89. The number of fused-ring (bicyclic) bond motifs is 1. The van der Waals surface area contributed by atoms with Crippen LogP contribution >= 0.6 is 11.8 Å². The second-order valence-corrected chi connectivity index (χ2v) is 12.1. The molecule has 1 aromatic carbocycles. The van der Waals surface area contributed by atoms with Gasteiger partial charge in [0.1, 0.15) is 12.6 Å². The number of thioether (sulfide) groups is 1. The fraction of sp³-hybridized carbons (Fsp3) is 0.304. The SMILES string of the molecule is CC(C)(C)NS(=O)(=O)CCn1c(SC2=COC(c3ccccc3-c3cc[nH]n3)O2)nc2c(N)ncnc21. The number of nitrogens with two attached hydrogens (primary N) is 1. The van der Waals surface area contributed by atoms with Gasteiger partial charge in [0.15, 0.2) is 22.1 Å². The molecule has 0 aliphatic carbocycles. The number of nitrogens with zero attached hydrogens (tertiary/aromatic N) is 5. The van der Waals surface area contributed by atoms with Gasteiger partial charge in [-0.25, -0.2) is 28.1 Å². The van der Waals surface area contributed by atoms with Crippen molar-refractivity contribution < 1.29 is 17.9 Å². The molecular formula is C23H26N8O4S2. The molecule has 1 aliphatic heterocycles. The van der Waals surface area contributed by atoms with E-state index < -0.39 is 21.9 Å². The zero-order chi connectivity index (χ0) is 26.2. The number of benzene rings is 1. The van der Waals surface area contributed by atoms with E-state index in [4.69, 9.17) is 15.2 Å². The summed E-state index contributed by atoms with van der Waals surface area (Å²) < 4.78 is 41.6. The topological polar surface area (TPSA) is 163 Å². The molecule has 0 spiro atoms. The van der Waals surface area contributed by atoms with E-state index in [1.165, 1.54) is 24.4 Å². The van der Waals surface area contributed by atoms with Crippen LogP contribution in [0.1, 0.15) is 32.6 Å². The van der Waals surface area contributed by atoms with Crippen molar-refractivity contribution in [2.24, 2.45) is 0 Å². The first-order chi connectivity index (χ1) is 17.6. The number of sulfonamides is 1. The van der Waals surface area contributed by atoms with Gasteiger partial charge in [0, 0.05) is 29.4 Å². The molecule has 0 bridgehead atoms. The number of ether oxygens (including phenoxy) is 2. The number of aryl methyl sites for hydroxylation is 1. The molecule has 4 heterocycles. The number of hydrogen-bond donors (Lipinski definition) is 3. The number of aromatic nitrogens is 6. The zero-order valence-corrected chi connectivity index (χ0v) is 22.0. The Bertz CT molecular complexity index is 1560. The second-order valence-electron chi connectivity index (χ2n) is 9.32. The van der Waals surface area contributed by atoms with Gasteiger partial charge in [-0.3, -0.25) is 5.10 Å².